The van der Waals surface area contributed by atoms with Gasteiger partial charge in [0.15, 0.2) is 12.3 Å². The Labute approximate surface area is 153 Å². The molecule has 1 atom stereocenters. The number of likely N-dealkylation sites (N-methyl/N-ethyl adjacent to an activating group) is 1. The lowest BCUT2D eigenvalue weighted by atomic mass is 10.2. The van der Waals surface area contributed by atoms with Crippen LogP contribution in [-0.2, 0) is 14.3 Å². The van der Waals surface area contributed by atoms with Gasteiger partial charge >= 0.3 is 5.97 Å². The van der Waals surface area contributed by atoms with Crippen LogP contribution in [0.15, 0.2) is 29.6 Å². The van der Waals surface area contributed by atoms with Gasteiger partial charge in [-0.25, -0.2) is 14.2 Å². The minimum Gasteiger partial charge on any atom is -0.451 e. The number of esters is 1. The summed E-state index contributed by atoms with van der Waals surface area (Å²) in [6, 6.07) is 4.98. The highest BCUT2D eigenvalue weighted by molar-refractivity contribution is 7.13. The fourth-order valence-corrected chi connectivity index (χ4v) is 2.77. The summed E-state index contributed by atoms with van der Waals surface area (Å²) in [6.45, 7) is 3.22. The SMILES string of the molecule is CCNC(=O)[C@@H](C)NC(=O)COC(=O)c1csc(-c2ccc(F)cc2)n1. The predicted octanol–water partition coefficient (Wildman–Crippen LogP) is 1.75. The molecule has 0 saturated carbocycles. The van der Waals surface area contributed by atoms with Crippen molar-refractivity contribution in [2.75, 3.05) is 13.2 Å². The van der Waals surface area contributed by atoms with Crippen molar-refractivity contribution in [1.82, 2.24) is 15.6 Å². The third kappa shape index (κ3) is 5.35. The number of carbonyl (C=O) groups is 3. The molecule has 0 radical (unpaired) electrons. The maximum Gasteiger partial charge on any atom is 0.358 e. The van der Waals surface area contributed by atoms with Gasteiger partial charge in [-0.1, -0.05) is 0 Å². The van der Waals surface area contributed by atoms with Crippen molar-refractivity contribution in [2.45, 2.75) is 19.9 Å². The molecule has 7 nitrogen and oxygen atoms in total. The number of halogens is 1. The third-order valence-electron chi connectivity index (χ3n) is 3.26. The number of rotatable bonds is 7. The first-order chi connectivity index (χ1) is 12.4. The smallest absolute Gasteiger partial charge is 0.358 e. The van der Waals surface area contributed by atoms with E-state index < -0.39 is 24.5 Å². The number of hydrogen-bond donors (Lipinski definition) is 2. The number of hydrogen-bond acceptors (Lipinski definition) is 6. The van der Waals surface area contributed by atoms with Crippen LogP contribution in [0.3, 0.4) is 0 Å². The van der Waals surface area contributed by atoms with Crippen molar-refractivity contribution in [2.24, 2.45) is 0 Å². The zero-order valence-corrected chi connectivity index (χ0v) is 15.1. The molecule has 1 aromatic carbocycles. The summed E-state index contributed by atoms with van der Waals surface area (Å²) in [5.41, 5.74) is 0.725. The van der Waals surface area contributed by atoms with Gasteiger partial charge in [-0.05, 0) is 38.1 Å². The number of carbonyl (C=O) groups excluding carboxylic acids is 3. The summed E-state index contributed by atoms with van der Waals surface area (Å²) in [5, 5.41) is 7.03. The summed E-state index contributed by atoms with van der Waals surface area (Å²) in [6.07, 6.45) is 0. The largest absolute Gasteiger partial charge is 0.451 e. The Kier molecular flexibility index (Phi) is 6.79. The fourth-order valence-electron chi connectivity index (χ4n) is 1.97. The zero-order valence-electron chi connectivity index (χ0n) is 14.2. The van der Waals surface area contributed by atoms with Crippen LogP contribution in [-0.4, -0.2) is 42.0 Å². The normalized spacial score (nSPS) is 11.5. The molecular weight excluding hydrogens is 361 g/mol. The first-order valence-corrected chi connectivity index (χ1v) is 8.74. The van der Waals surface area contributed by atoms with Crippen molar-refractivity contribution >= 4 is 29.1 Å². The Hall–Kier alpha value is -2.81. The molecule has 9 heteroatoms. The second-order valence-corrected chi connectivity index (χ2v) is 6.16. The monoisotopic (exact) mass is 379 g/mol. The number of benzene rings is 1. The lowest BCUT2D eigenvalue weighted by molar-refractivity contribution is -0.130. The molecule has 0 aliphatic carbocycles. The standard InChI is InChI=1S/C17H18FN3O4S/c1-3-19-15(23)10(2)20-14(22)8-25-17(24)13-9-26-16(21-13)11-4-6-12(18)7-5-11/h4-7,9-10H,3,8H2,1-2H3,(H,19,23)(H,20,22)/t10-/m1/s1. The molecule has 2 aromatic rings. The molecule has 2 N–H and O–H groups in total. The zero-order chi connectivity index (χ0) is 19.1. The van der Waals surface area contributed by atoms with Crippen LogP contribution in [0.5, 0.6) is 0 Å². The van der Waals surface area contributed by atoms with Gasteiger partial charge in [0.25, 0.3) is 5.91 Å². The minimum atomic E-state index is -0.754. The average Bonchev–Trinajstić information content (AvgIpc) is 3.10. The second-order valence-electron chi connectivity index (χ2n) is 5.30. The topological polar surface area (TPSA) is 97.4 Å². The van der Waals surface area contributed by atoms with Gasteiger partial charge in [0.05, 0.1) is 0 Å². The van der Waals surface area contributed by atoms with E-state index in [1.165, 1.54) is 35.8 Å². The van der Waals surface area contributed by atoms with Crippen LogP contribution in [0.2, 0.25) is 0 Å². The Morgan fingerprint density at radius 3 is 2.62 bits per heavy atom. The van der Waals surface area contributed by atoms with E-state index in [9.17, 15) is 18.8 Å². The molecule has 0 bridgehead atoms. The van der Waals surface area contributed by atoms with Crippen molar-refractivity contribution in [3.05, 3.63) is 41.2 Å². The maximum atomic E-state index is 12.9. The van der Waals surface area contributed by atoms with E-state index in [-0.39, 0.29) is 17.4 Å². The predicted molar refractivity (Wildman–Crippen MR) is 94.1 cm³/mol. The first-order valence-electron chi connectivity index (χ1n) is 7.86. The Morgan fingerprint density at radius 2 is 1.96 bits per heavy atom. The summed E-state index contributed by atoms with van der Waals surface area (Å²) >= 11 is 1.20. The number of amides is 2. The molecule has 138 valence electrons. The van der Waals surface area contributed by atoms with E-state index in [0.29, 0.717) is 17.1 Å². The molecule has 0 spiro atoms. The molecule has 26 heavy (non-hydrogen) atoms. The van der Waals surface area contributed by atoms with Gasteiger partial charge in [-0.2, -0.15) is 0 Å². The number of thiazole rings is 1. The van der Waals surface area contributed by atoms with Crippen molar-refractivity contribution in [3.63, 3.8) is 0 Å². The summed E-state index contributed by atoms with van der Waals surface area (Å²) in [5.74, 6) is -2.03. The molecule has 0 saturated heterocycles. The van der Waals surface area contributed by atoms with Crippen LogP contribution in [0.25, 0.3) is 10.6 Å². The van der Waals surface area contributed by atoms with Crippen molar-refractivity contribution < 1.29 is 23.5 Å². The third-order valence-corrected chi connectivity index (χ3v) is 4.15. The molecule has 0 unspecified atom stereocenters. The summed E-state index contributed by atoms with van der Waals surface area (Å²) < 4.78 is 17.8. The molecule has 2 amide bonds. The van der Waals surface area contributed by atoms with Crippen LogP contribution >= 0.6 is 11.3 Å². The van der Waals surface area contributed by atoms with Crippen molar-refractivity contribution in [3.8, 4) is 10.6 Å². The van der Waals surface area contributed by atoms with Gasteiger partial charge in [-0.3, -0.25) is 9.59 Å². The summed E-state index contributed by atoms with van der Waals surface area (Å²) in [4.78, 5) is 39.4. The molecule has 1 aromatic heterocycles. The lowest BCUT2D eigenvalue weighted by Gasteiger charge is -2.13. The van der Waals surface area contributed by atoms with E-state index in [4.69, 9.17) is 4.74 Å². The number of ether oxygens (including phenoxy) is 1. The van der Waals surface area contributed by atoms with E-state index >= 15 is 0 Å². The Balaban J connectivity index is 1.87. The molecule has 0 fully saturated rings. The van der Waals surface area contributed by atoms with Crippen LogP contribution in [0, 0.1) is 5.82 Å². The molecule has 0 aliphatic heterocycles. The van der Waals surface area contributed by atoms with Gasteiger partial charge < -0.3 is 15.4 Å². The first kappa shape index (κ1) is 19.5. The highest BCUT2D eigenvalue weighted by Gasteiger charge is 2.18. The molecule has 1 heterocycles. The van der Waals surface area contributed by atoms with E-state index in [0.717, 1.165) is 0 Å². The second kappa shape index (κ2) is 9.04. The fraction of sp³-hybridized carbons (Fsp3) is 0.294. The number of nitrogens with zero attached hydrogens (tertiary/aromatic N) is 1. The Morgan fingerprint density at radius 1 is 1.27 bits per heavy atom. The number of nitrogens with one attached hydrogen (secondary N) is 2. The quantitative estimate of drug-likeness (QED) is 0.715. The van der Waals surface area contributed by atoms with Gasteiger partial charge in [0.1, 0.15) is 16.9 Å². The number of aromatic nitrogens is 1. The minimum absolute atomic E-state index is 0.0545. The average molecular weight is 379 g/mol. The van der Waals surface area contributed by atoms with E-state index in [2.05, 4.69) is 15.6 Å². The molecule has 2 rings (SSSR count). The lowest BCUT2D eigenvalue weighted by Crippen LogP contribution is -2.46. The van der Waals surface area contributed by atoms with Gasteiger partial charge in [0.2, 0.25) is 5.91 Å². The van der Waals surface area contributed by atoms with Gasteiger partial charge in [0, 0.05) is 17.5 Å². The Bertz CT molecular complexity index is 792. The van der Waals surface area contributed by atoms with E-state index in [1.807, 2.05) is 0 Å². The highest BCUT2D eigenvalue weighted by Crippen LogP contribution is 2.24. The van der Waals surface area contributed by atoms with E-state index in [1.54, 1.807) is 19.1 Å². The van der Waals surface area contributed by atoms with Crippen LogP contribution in [0.1, 0.15) is 24.3 Å². The maximum absolute atomic E-state index is 12.9. The molecule has 0 aliphatic rings. The highest BCUT2D eigenvalue weighted by atomic mass is 32.1. The van der Waals surface area contributed by atoms with Gasteiger partial charge in [-0.15, -0.1) is 11.3 Å². The van der Waals surface area contributed by atoms with Crippen LogP contribution in [0.4, 0.5) is 4.39 Å². The summed E-state index contributed by atoms with van der Waals surface area (Å²) in [7, 11) is 0. The molecular formula is C17H18FN3O4S. The van der Waals surface area contributed by atoms with Crippen LogP contribution < -0.4 is 10.6 Å². The van der Waals surface area contributed by atoms with Crippen molar-refractivity contribution in [1.29, 1.82) is 0 Å².